The van der Waals surface area contributed by atoms with Crippen LogP contribution in [0.5, 0.6) is 0 Å². The number of unbranched alkanes of at least 4 members (excludes halogenated alkanes) is 2. The van der Waals surface area contributed by atoms with Crippen molar-refractivity contribution < 1.29 is 9.90 Å². The van der Waals surface area contributed by atoms with Crippen LogP contribution in [0, 0.1) is 16.2 Å². The van der Waals surface area contributed by atoms with Gasteiger partial charge >= 0.3 is 5.97 Å². The zero-order valence-corrected chi connectivity index (χ0v) is 19.0. The van der Waals surface area contributed by atoms with Crippen LogP contribution in [0.1, 0.15) is 102 Å². The first-order valence-corrected chi connectivity index (χ1v) is 11.3. The third-order valence-electron chi connectivity index (χ3n) is 7.50. The molecule has 0 aromatic heterocycles. The molecule has 0 unspecified atom stereocenters. The zero-order valence-electron chi connectivity index (χ0n) is 19.0. The van der Waals surface area contributed by atoms with Crippen LogP contribution in [-0.4, -0.2) is 11.1 Å². The second kappa shape index (κ2) is 8.13. The van der Waals surface area contributed by atoms with Crippen molar-refractivity contribution in [3.63, 3.8) is 0 Å². The van der Waals surface area contributed by atoms with E-state index in [-0.39, 0.29) is 5.41 Å². The Balaban J connectivity index is 1.89. The third kappa shape index (κ3) is 4.68. The number of carboxylic acid groups (broad SMARTS) is 1. The van der Waals surface area contributed by atoms with E-state index in [9.17, 15) is 4.79 Å². The van der Waals surface area contributed by atoms with E-state index in [4.69, 9.17) is 5.11 Å². The van der Waals surface area contributed by atoms with Gasteiger partial charge in [0.1, 0.15) is 0 Å². The van der Waals surface area contributed by atoms with Crippen LogP contribution >= 0.6 is 0 Å². The minimum Gasteiger partial charge on any atom is -0.478 e. The summed E-state index contributed by atoms with van der Waals surface area (Å²) in [5.74, 6) is -0.867. The van der Waals surface area contributed by atoms with Gasteiger partial charge in [0.2, 0.25) is 0 Å². The first-order chi connectivity index (χ1) is 13.6. The molecule has 0 heterocycles. The minimum atomic E-state index is -0.867. The Kier molecular flexibility index (Phi) is 6.13. The summed E-state index contributed by atoms with van der Waals surface area (Å²) in [6.45, 7) is 12.0. The fourth-order valence-electron chi connectivity index (χ4n) is 5.32. The Hall–Kier alpha value is -1.83. The quantitative estimate of drug-likeness (QED) is 0.377. The normalized spacial score (nSPS) is 22.1. The third-order valence-corrected chi connectivity index (χ3v) is 7.50. The summed E-state index contributed by atoms with van der Waals surface area (Å²) in [4.78, 5) is 11.1. The van der Waals surface area contributed by atoms with Gasteiger partial charge in [-0.05, 0) is 66.0 Å². The molecule has 1 aromatic carbocycles. The van der Waals surface area contributed by atoms with E-state index in [0.29, 0.717) is 16.4 Å². The molecular formula is C27H38O2. The van der Waals surface area contributed by atoms with Crippen LogP contribution in [0.15, 0.2) is 41.5 Å². The highest BCUT2D eigenvalue weighted by Crippen LogP contribution is 2.61. The van der Waals surface area contributed by atoms with E-state index < -0.39 is 5.97 Å². The average Bonchev–Trinajstić information content (AvgIpc) is 3.07. The van der Waals surface area contributed by atoms with Crippen LogP contribution in [0.25, 0.3) is 6.08 Å². The SMILES string of the molecule is CCCCCC1(/C=C/c2ccc(C(=O)O)cc2)CC2=C(C1)C(C)(C)CCC2(C)C. The summed E-state index contributed by atoms with van der Waals surface area (Å²) < 4.78 is 0. The highest BCUT2D eigenvalue weighted by atomic mass is 16.4. The molecule has 0 atom stereocenters. The lowest BCUT2D eigenvalue weighted by molar-refractivity contribution is 0.0697. The molecule has 2 heteroatoms. The number of aromatic carboxylic acids is 1. The zero-order chi connectivity index (χ0) is 21.3. The van der Waals surface area contributed by atoms with E-state index in [0.717, 1.165) is 5.56 Å². The molecular weight excluding hydrogens is 356 g/mol. The molecule has 1 aromatic rings. The van der Waals surface area contributed by atoms with E-state index in [1.54, 1.807) is 23.3 Å². The molecule has 2 aliphatic carbocycles. The lowest BCUT2D eigenvalue weighted by Gasteiger charge is -2.41. The molecule has 3 rings (SSSR count). The molecule has 0 bridgehead atoms. The lowest BCUT2D eigenvalue weighted by Crippen LogP contribution is -2.28. The van der Waals surface area contributed by atoms with Gasteiger partial charge in [0, 0.05) is 0 Å². The van der Waals surface area contributed by atoms with E-state index in [1.165, 1.54) is 51.4 Å². The molecule has 2 nitrogen and oxygen atoms in total. The molecule has 0 saturated carbocycles. The van der Waals surface area contributed by atoms with Crippen molar-refractivity contribution in [2.24, 2.45) is 16.2 Å². The highest BCUT2D eigenvalue weighted by molar-refractivity contribution is 5.87. The fraction of sp³-hybridized carbons (Fsp3) is 0.593. The Morgan fingerprint density at radius 1 is 0.966 bits per heavy atom. The van der Waals surface area contributed by atoms with Crippen LogP contribution < -0.4 is 0 Å². The molecule has 29 heavy (non-hydrogen) atoms. The maximum absolute atomic E-state index is 11.1. The topological polar surface area (TPSA) is 37.3 Å². The molecule has 0 spiro atoms. The van der Waals surface area contributed by atoms with Crippen molar-refractivity contribution in [1.29, 1.82) is 0 Å². The summed E-state index contributed by atoms with van der Waals surface area (Å²) in [7, 11) is 0. The summed E-state index contributed by atoms with van der Waals surface area (Å²) in [6.07, 6.45) is 14.7. The van der Waals surface area contributed by atoms with Crippen molar-refractivity contribution in [3.05, 3.63) is 52.6 Å². The van der Waals surface area contributed by atoms with Crippen molar-refractivity contribution in [2.75, 3.05) is 0 Å². The molecule has 2 aliphatic rings. The molecule has 158 valence electrons. The Morgan fingerprint density at radius 3 is 2.00 bits per heavy atom. The Morgan fingerprint density at radius 2 is 1.52 bits per heavy atom. The number of hydrogen-bond donors (Lipinski definition) is 1. The van der Waals surface area contributed by atoms with E-state index in [2.05, 4.69) is 46.8 Å². The predicted octanol–water partition coefficient (Wildman–Crippen LogP) is 7.90. The van der Waals surface area contributed by atoms with Crippen LogP contribution in [0.4, 0.5) is 0 Å². The van der Waals surface area contributed by atoms with Gasteiger partial charge in [-0.15, -0.1) is 0 Å². The minimum absolute atomic E-state index is 0.212. The molecule has 1 N–H and O–H groups in total. The molecule has 0 aliphatic heterocycles. The van der Waals surface area contributed by atoms with Gasteiger partial charge in [-0.3, -0.25) is 0 Å². The number of benzene rings is 1. The molecule has 0 saturated heterocycles. The smallest absolute Gasteiger partial charge is 0.335 e. The number of rotatable bonds is 7. The number of allylic oxidation sites excluding steroid dienone is 3. The van der Waals surface area contributed by atoms with E-state index in [1.807, 2.05) is 12.1 Å². The van der Waals surface area contributed by atoms with Crippen LogP contribution in [0.3, 0.4) is 0 Å². The van der Waals surface area contributed by atoms with Gasteiger partial charge in [-0.2, -0.15) is 0 Å². The summed E-state index contributed by atoms with van der Waals surface area (Å²) in [6, 6.07) is 7.26. The first-order valence-electron chi connectivity index (χ1n) is 11.3. The van der Waals surface area contributed by atoms with Gasteiger partial charge in [0.15, 0.2) is 0 Å². The van der Waals surface area contributed by atoms with Gasteiger partial charge in [-0.25, -0.2) is 4.79 Å². The van der Waals surface area contributed by atoms with Crippen molar-refractivity contribution in [3.8, 4) is 0 Å². The number of hydrogen-bond acceptors (Lipinski definition) is 1. The number of carbonyl (C=O) groups is 1. The van der Waals surface area contributed by atoms with Crippen molar-refractivity contribution in [2.45, 2.75) is 86.0 Å². The summed E-state index contributed by atoms with van der Waals surface area (Å²) >= 11 is 0. The lowest BCUT2D eigenvalue weighted by atomic mass is 9.64. The molecule has 0 fully saturated rings. The Labute approximate surface area is 177 Å². The summed E-state index contributed by atoms with van der Waals surface area (Å²) in [5.41, 5.74) is 5.72. The standard InChI is InChI=1S/C27H38O2/c1-6-7-8-14-27(15-13-20-9-11-21(12-10-20)24(28)29)18-22-23(19-27)26(4,5)17-16-25(22,2)3/h9-13,15H,6-8,14,16-19H2,1-5H3,(H,28,29)/b15-13+. The van der Waals surface area contributed by atoms with Gasteiger partial charge in [-0.1, -0.05) is 89.3 Å². The van der Waals surface area contributed by atoms with Crippen molar-refractivity contribution in [1.82, 2.24) is 0 Å². The maximum atomic E-state index is 11.1. The maximum Gasteiger partial charge on any atom is 0.335 e. The summed E-state index contributed by atoms with van der Waals surface area (Å²) in [5, 5.41) is 9.13. The monoisotopic (exact) mass is 394 g/mol. The molecule has 0 radical (unpaired) electrons. The first kappa shape index (κ1) is 21.9. The van der Waals surface area contributed by atoms with Gasteiger partial charge in [0.05, 0.1) is 5.56 Å². The van der Waals surface area contributed by atoms with Gasteiger partial charge in [0.25, 0.3) is 0 Å². The number of carboxylic acids is 1. The van der Waals surface area contributed by atoms with Crippen LogP contribution in [0.2, 0.25) is 0 Å². The van der Waals surface area contributed by atoms with Crippen LogP contribution in [-0.2, 0) is 0 Å². The van der Waals surface area contributed by atoms with Crippen molar-refractivity contribution >= 4 is 12.0 Å². The second-order valence-corrected chi connectivity index (χ2v) is 10.7. The van der Waals surface area contributed by atoms with E-state index >= 15 is 0 Å². The highest BCUT2D eigenvalue weighted by Gasteiger charge is 2.48. The Bertz CT molecular complexity index is 777. The average molecular weight is 395 g/mol. The van der Waals surface area contributed by atoms with Gasteiger partial charge < -0.3 is 5.11 Å². The second-order valence-electron chi connectivity index (χ2n) is 10.7. The fourth-order valence-corrected chi connectivity index (χ4v) is 5.32. The molecule has 0 amide bonds. The predicted molar refractivity (Wildman–Crippen MR) is 122 cm³/mol. The largest absolute Gasteiger partial charge is 0.478 e.